The van der Waals surface area contributed by atoms with Crippen LogP contribution >= 0.6 is 0 Å². The fourth-order valence-electron chi connectivity index (χ4n) is 0.984. The highest BCUT2D eigenvalue weighted by molar-refractivity contribution is 7.89. The molecule has 1 atom stereocenters. The lowest BCUT2D eigenvalue weighted by molar-refractivity contribution is 0.317. The maximum absolute atomic E-state index is 11.9. The van der Waals surface area contributed by atoms with E-state index in [0.717, 1.165) is 0 Å². The van der Waals surface area contributed by atoms with Crippen LogP contribution in [0.4, 0.5) is 0 Å². The first-order chi connectivity index (χ1) is 7.23. The fraction of sp³-hybridized carbons (Fsp3) is 0.545. The molecule has 1 aromatic heterocycles. The molecule has 0 bridgehead atoms. The molecule has 0 saturated heterocycles. The van der Waals surface area contributed by atoms with Crippen molar-refractivity contribution in [1.82, 2.24) is 9.71 Å². The molecule has 0 saturated carbocycles. The number of aromatic nitrogens is 1. The fourth-order valence-corrected chi connectivity index (χ4v) is 2.40. The first kappa shape index (κ1) is 13.1. The van der Waals surface area contributed by atoms with E-state index in [4.69, 9.17) is 0 Å². The van der Waals surface area contributed by atoms with E-state index in [9.17, 15) is 8.42 Å². The van der Waals surface area contributed by atoms with Crippen molar-refractivity contribution in [3.63, 3.8) is 0 Å². The van der Waals surface area contributed by atoms with Gasteiger partial charge in [-0.15, -0.1) is 0 Å². The van der Waals surface area contributed by atoms with Gasteiger partial charge in [-0.2, -0.15) is 0 Å². The van der Waals surface area contributed by atoms with Crippen molar-refractivity contribution in [2.75, 3.05) is 0 Å². The highest BCUT2D eigenvalue weighted by Gasteiger charge is 2.25. The molecule has 0 spiro atoms. The molecule has 0 aliphatic carbocycles. The third-order valence-corrected chi connectivity index (χ3v) is 4.10. The van der Waals surface area contributed by atoms with E-state index < -0.39 is 10.0 Å². The van der Waals surface area contributed by atoms with Crippen LogP contribution in [0.1, 0.15) is 27.7 Å². The number of nitrogens with one attached hydrogen (secondary N) is 1. The van der Waals surface area contributed by atoms with Crippen LogP contribution in [0.5, 0.6) is 0 Å². The highest BCUT2D eigenvalue weighted by atomic mass is 32.2. The molecule has 0 amide bonds. The summed E-state index contributed by atoms with van der Waals surface area (Å²) in [5, 5.41) is 0. The van der Waals surface area contributed by atoms with E-state index >= 15 is 0 Å². The van der Waals surface area contributed by atoms with Gasteiger partial charge in [0.2, 0.25) is 10.0 Å². The Morgan fingerprint density at radius 3 is 2.44 bits per heavy atom. The number of nitrogens with zero attached hydrogens (tertiary/aromatic N) is 1. The maximum atomic E-state index is 11.9. The second-order valence-electron chi connectivity index (χ2n) is 4.90. The minimum Gasteiger partial charge on any atom is -0.263 e. The quantitative estimate of drug-likeness (QED) is 0.879. The standard InChI is InChI=1S/C11H18N2O2S/c1-9(11(2,3)4)13-16(14,15)10-6-5-7-12-8-10/h5-9,13H,1-4H3/t9-/m1/s1. The Kier molecular flexibility index (Phi) is 3.70. The monoisotopic (exact) mass is 242 g/mol. The Hall–Kier alpha value is -0.940. The van der Waals surface area contributed by atoms with E-state index in [-0.39, 0.29) is 16.4 Å². The summed E-state index contributed by atoms with van der Waals surface area (Å²) in [4.78, 5) is 4.00. The summed E-state index contributed by atoms with van der Waals surface area (Å²) in [6, 6.07) is 3.00. The van der Waals surface area contributed by atoms with Gasteiger partial charge in [-0.3, -0.25) is 4.98 Å². The number of hydrogen-bond acceptors (Lipinski definition) is 3. The van der Waals surface area contributed by atoms with E-state index in [2.05, 4.69) is 9.71 Å². The van der Waals surface area contributed by atoms with Crippen LogP contribution in [0.3, 0.4) is 0 Å². The number of hydrogen-bond donors (Lipinski definition) is 1. The van der Waals surface area contributed by atoms with Crippen molar-refractivity contribution in [2.24, 2.45) is 5.41 Å². The first-order valence-corrected chi connectivity index (χ1v) is 6.64. The lowest BCUT2D eigenvalue weighted by Crippen LogP contribution is -2.41. The van der Waals surface area contributed by atoms with Crippen LogP contribution in [0.25, 0.3) is 0 Å². The van der Waals surface area contributed by atoms with Crippen molar-refractivity contribution in [1.29, 1.82) is 0 Å². The molecule has 0 aliphatic heterocycles. The predicted octanol–water partition coefficient (Wildman–Crippen LogP) is 1.79. The molecule has 0 unspecified atom stereocenters. The smallest absolute Gasteiger partial charge is 0.242 e. The molecule has 0 radical (unpaired) electrons. The maximum Gasteiger partial charge on any atom is 0.242 e. The molecule has 1 heterocycles. The van der Waals surface area contributed by atoms with Crippen molar-refractivity contribution in [2.45, 2.75) is 38.6 Å². The summed E-state index contributed by atoms with van der Waals surface area (Å²) in [5.41, 5.74) is -0.116. The lowest BCUT2D eigenvalue weighted by atomic mass is 9.89. The summed E-state index contributed by atoms with van der Waals surface area (Å²) in [6.07, 6.45) is 2.89. The zero-order valence-electron chi connectivity index (χ0n) is 10.1. The van der Waals surface area contributed by atoms with Gasteiger partial charge >= 0.3 is 0 Å². The predicted molar refractivity (Wildman–Crippen MR) is 63.5 cm³/mol. The molecule has 1 aromatic rings. The minimum absolute atomic E-state index is 0.116. The summed E-state index contributed by atoms with van der Waals surface area (Å²) < 4.78 is 26.5. The van der Waals surface area contributed by atoms with Gasteiger partial charge in [0.25, 0.3) is 0 Å². The molecule has 0 aliphatic rings. The van der Waals surface area contributed by atoms with Gasteiger partial charge in [-0.05, 0) is 24.5 Å². The second kappa shape index (κ2) is 4.51. The number of pyridine rings is 1. The molecule has 5 heteroatoms. The van der Waals surface area contributed by atoms with Gasteiger partial charge in [0.05, 0.1) is 0 Å². The minimum atomic E-state index is -3.46. The topological polar surface area (TPSA) is 59.1 Å². The molecule has 90 valence electrons. The largest absolute Gasteiger partial charge is 0.263 e. The van der Waals surface area contributed by atoms with Gasteiger partial charge in [0, 0.05) is 18.4 Å². The molecule has 16 heavy (non-hydrogen) atoms. The summed E-state index contributed by atoms with van der Waals surface area (Å²) in [5.74, 6) is 0. The molecule has 1 N–H and O–H groups in total. The van der Waals surface area contributed by atoms with Crippen LogP contribution in [0, 0.1) is 5.41 Å². The van der Waals surface area contributed by atoms with E-state index in [1.54, 1.807) is 12.3 Å². The van der Waals surface area contributed by atoms with E-state index in [1.165, 1.54) is 12.3 Å². The normalized spacial score (nSPS) is 14.8. The van der Waals surface area contributed by atoms with Crippen molar-refractivity contribution in [3.05, 3.63) is 24.5 Å². The zero-order valence-corrected chi connectivity index (χ0v) is 10.9. The molecule has 0 aromatic carbocycles. The van der Waals surface area contributed by atoms with Crippen LogP contribution in [-0.4, -0.2) is 19.4 Å². The number of rotatable bonds is 3. The molecule has 1 rings (SSSR count). The van der Waals surface area contributed by atoms with Crippen LogP contribution in [0.2, 0.25) is 0 Å². The summed E-state index contributed by atoms with van der Waals surface area (Å²) in [7, 11) is -3.46. The first-order valence-electron chi connectivity index (χ1n) is 5.16. The van der Waals surface area contributed by atoms with Gasteiger partial charge in [0.1, 0.15) is 4.90 Å². The number of sulfonamides is 1. The second-order valence-corrected chi connectivity index (χ2v) is 6.61. The Labute approximate surface area is 97.2 Å². The SMILES string of the molecule is C[C@@H](NS(=O)(=O)c1cccnc1)C(C)(C)C. The molecule has 4 nitrogen and oxygen atoms in total. The van der Waals surface area contributed by atoms with Crippen LogP contribution < -0.4 is 4.72 Å². The summed E-state index contributed by atoms with van der Waals surface area (Å²) >= 11 is 0. The average Bonchev–Trinajstić information content (AvgIpc) is 2.17. The Bertz CT molecular complexity index is 435. The highest BCUT2D eigenvalue weighted by Crippen LogP contribution is 2.20. The summed E-state index contributed by atoms with van der Waals surface area (Å²) in [6.45, 7) is 7.82. The van der Waals surface area contributed by atoms with Crippen molar-refractivity contribution < 1.29 is 8.42 Å². The van der Waals surface area contributed by atoms with Crippen molar-refractivity contribution in [3.8, 4) is 0 Å². The zero-order chi connectivity index (χ0) is 12.4. The average molecular weight is 242 g/mol. The third-order valence-electron chi connectivity index (χ3n) is 2.58. The van der Waals surface area contributed by atoms with Crippen LogP contribution in [0.15, 0.2) is 29.4 Å². The van der Waals surface area contributed by atoms with Gasteiger partial charge in [-0.1, -0.05) is 20.8 Å². The van der Waals surface area contributed by atoms with Gasteiger partial charge in [0.15, 0.2) is 0 Å². The molecular formula is C11H18N2O2S. The Balaban J connectivity index is 2.90. The van der Waals surface area contributed by atoms with E-state index in [0.29, 0.717) is 0 Å². The molecular weight excluding hydrogens is 224 g/mol. The molecule has 0 fully saturated rings. The lowest BCUT2D eigenvalue weighted by Gasteiger charge is -2.27. The Morgan fingerprint density at radius 2 is 2.00 bits per heavy atom. The third kappa shape index (κ3) is 3.28. The Morgan fingerprint density at radius 1 is 1.38 bits per heavy atom. The van der Waals surface area contributed by atoms with Gasteiger partial charge in [-0.25, -0.2) is 13.1 Å². The van der Waals surface area contributed by atoms with E-state index in [1.807, 2.05) is 27.7 Å². The van der Waals surface area contributed by atoms with Crippen molar-refractivity contribution >= 4 is 10.0 Å². The van der Waals surface area contributed by atoms with Crippen LogP contribution in [-0.2, 0) is 10.0 Å². The van der Waals surface area contributed by atoms with Gasteiger partial charge < -0.3 is 0 Å².